The fourth-order valence-corrected chi connectivity index (χ4v) is 2.97. The van der Waals surface area contributed by atoms with E-state index < -0.39 is 0 Å². The Morgan fingerprint density at radius 3 is 2.31 bits per heavy atom. The van der Waals surface area contributed by atoms with E-state index in [1.807, 2.05) is 12.1 Å². The lowest BCUT2D eigenvalue weighted by Gasteiger charge is -2.31. The van der Waals surface area contributed by atoms with Crippen LogP contribution in [0.3, 0.4) is 0 Å². The van der Waals surface area contributed by atoms with E-state index in [4.69, 9.17) is 4.74 Å². The lowest BCUT2D eigenvalue weighted by Crippen LogP contribution is -2.47. The van der Waals surface area contributed by atoms with Crippen LogP contribution in [0.1, 0.15) is 46.1 Å². The number of anilines is 1. The fourth-order valence-electron chi connectivity index (χ4n) is 2.97. The summed E-state index contributed by atoms with van der Waals surface area (Å²) in [7, 11) is 0. The minimum absolute atomic E-state index is 0.0283. The number of nitrogens with one attached hydrogen (secondary N) is 2. The second-order valence-corrected chi connectivity index (χ2v) is 7.71. The van der Waals surface area contributed by atoms with Crippen molar-refractivity contribution in [3.8, 4) is 0 Å². The van der Waals surface area contributed by atoms with E-state index >= 15 is 0 Å². The van der Waals surface area contributed by atoms with Crippen LogP contribution < -0.4 is 10.6 Å². The first-order chi connectivity index (χ1) is 12.3. The largest absolute Gasteiger partial charge is 0.450 e. The Balaban J connectivity index is 1.72. The molecule has 1 aromatic carbocycles. The lowest BCUT2D eigenvalue weighted by atomic mass is 9.87. The molecule has 1 fully saturated rings. The van der Waals surface area contributed by atoms with Gasteiger partial charge in [-0.1, -0.05) is 32.9 Å². The first-order valence-electron chi connectivity index (χ1n) is 9.35. The minimum Gasteiger partial charge on any atom is -0.450 e. The molecule has 6 heteroatoms. The number of carbonyl (C=O) groups is 2. The third-order valence-electron chi connectivity index (χ3n) is 4.59. The zero-order chi connectivity index (χ0) is 19.2. The number of hydrogen-bond acceptors (Lipinski definition) is 4. The van der Waals surface area contributed by atoms with Crippen LogP contribution in [0.15, 0.2) is 24.3 Å². The molecule has 0 saturated carbocycles. The number of ether oxygens (including phenoxy) is 1. The lowest BCUT2D eigenvalue weighted by molar-refractivity contribution is -0.120. The third kappa shape index (κ3) is 5.93. The summed E-state index contributed by atoms with van der Waals surface area (Å²) >= 11 is 0. The Bertz CT molecular complexity index is 600. The number of rotatable bonds is 5. The third-order valence-corrected chi connectivity index (χ3v) is 4.59. The van der Waals surface area contributed by atoms with Crippen LogP contribution in [0.25, 0.3) is 0 Å². The molecular weight excluding hydrogens is 330 g/mol. The highest BCUT2D eigenvalue weighted by atomic mass is 16.6. The van der Waals surface area contributed by atoms with Crippen molar-refractivity contribution in [3.05, 3.63) is 29.8 Å². The van der Waals surface area contributed by atoms with E-state index in [2.05, 4.69) is 43.5 Å². The van der Waals surface area contributed by atoms with Crippen LogP contribution in [0.4, 0.5) is 10.5 Å². The number of amides is 2. The van der Waals surface area contributed by atoms with Crippen molar-refractivity contribution in [2.45, 2.75) is 52.0 Å². The molecule has 0 bridgehead atoms. The number of hydrogen-bond donors (Lipinski definition) is 2. The van der Waals surface area contributed by atoms with Crippen molar-refractivity contribution in [1.29, 1.82) is 0 Å². The zero-order valence-corrected chi connectivity index (χ0v) is 16.3. The van der Waals surface area contributed by atoms with Crippen LogP contribution in [0, 0.1) is 0 Å². The van der Waals surface area contributed by atoms with Gasteiger partial charge in [0.1, 0.15) is 0 Å². The molecule has 1 aliphatic rings. The zero-order valence-electron chi connectivity index (χ0n) is 16.3. The van der Waals surface area contributed by atoms with Gasteiger partial charge in [0, 0.05) is 24.8 Å². The van der Waals surface area contributed by atoms with Crippen molar-refractivity contribution in [2.24, 2.45) is 0 Å². The normalized spacial score (nSPS) is 15.5. The molecular formula is C20H31N3O3. The van der Waals surface area contributed by atoms with Gasteiger partial charge in [-0.3, -0.25) is 4.79 Å². The number of piperidine rings is 1. The maximum Gasteiger partial charge on any atom is 0.409 e. The topological polar surface area (TPSA) is 70.7 Å². The molecule has 1 heterocycles. The molecule has 0 aromatic heterocycles. The Hall–Kier alpha value is -2.24. The summed E-state index contributed by atoms with van der Waals surface area (Å²) in [6, 6.07) is 8.30. The van der Waals surface area contributed by atoms with E-state index in [1.54, 1.807) is 11.8 Å². The molecule has 1 aliphatic heterocycles. The van der Waals surface area contributed by atoms with Gasteiger partial charge in [-0.05, 0) is 42.9 Å². The van der Waals surface area contributed by atoms with Crippen LogP contribution in [0.5, 0.6) is 0 Å². The number of carbonyl (C=O) groups excluding carboxylic acids is 2. The van der Waals surface area contributed by atoms with Crippen molar-refractivity contribution in [2.75, 3.05) is 31.6 Å². The highest BCUT2D eigenvalue weighted by Gasteiger charge is 2.24. The van der Waals surface area contributed by atoms with E-state index in [-0.39, 0.29) is 30.0 Å². The Morgan fingerprint density at radius 1 is 1.15 bits per heavy atom. The monoisotopic (exact) mass is 361 g/mol. The highest BCUT2D eigenvalue weighted by molar-refractivity contribution is 5.81. The molecule has 6 nitrogen and oxygen atoms in total. The predicted molar refractivity (Wildman–Crippen MR) is 103 cm³/mol. The average molecular weight is 361 g/mol. The molecule has 0 atom stereocenters. The highest BCUT2D eigenvalue weighted by Crippen LogP contribution is 2.23. The number of nitrogens with zero attached hydrogens (tertiary/aromatic N) is 1. The van der Waals surface area contributed by atoms with Gasteiger partial charge in [-0.15, -0.1) is 0 Å². The van der Waals surface area contributed by atoms with Crippen molar-refractivity contribution in [3.63, 3.8) is 0 Å². The molecule has 0 aliphatic carbocycles. The maximum atomic E-state index is 12.1. The summed E-state index contributed by atoms with van der Waals surface area (Å²) < 4.78 is 5.00. The summed E-state index contributed by atoms with van der Waals surface area (Å²) in [4.78, 5) is 25.5. The van der Waals surface area contributed by atoms with Gasteiger partial charge in [-0.25, -0.2) is 4.79 Å². The second kappa shape index (κ2) is 8.92. The minimum atomic E-state index is -0.266. The van der Waals surface area contributed by atoms with Crippen LogP contribution in [-0.2, 0) is 14.9 Å². The molecule has 2 rings (SSSR count). The second-order valence-electron chi connectivity index (χ2n) is 7.71. The predicted octanol–water partition coefficient (Wildman–Crippen LogP) is 3.13. The maximum absolute atomic E-state index is 12.1. The summed E-state index contributed by atoms with van der Waals surface area (Å²) in [5.74, 6) is -0.0283. The Morgan fingerprint density at radius 2 is 1.77 bits per heavy atom. The molecule has 26 heavy (non-hydrogen) atoms. The molecule has 0 spiro atoms. The van der Waals surface area contributed by atoms with Gasteiger partial charge in [0.25, 0.3) is 0 Å². The SMILES string of the molecule is CCOC(=O)N1CCC(NC(=O)CNc2ccc(C(C)(C)C)cc2)CC1. The molecule has 2 N–H and O–H groups in total. The van der Waals surface area contributed by atoms with Gasteiger partial charge in [0.05, 0.1) is 13.2 Å². The van der Waals surface area contributed by atoms with Crippen LogP contribution in [-0.4, -0.2) is 49.2 Å². The van der Waals surface area contributed by atoms with Crippen molar-refractivity contribution >= 4 is 17.7 Å². The Kier molecular flexibility index (Phi) is 6.89. The molecule has 2 amide bonds. The molecule has 144 valence electrons. The van der Waals surface area contributed by atoms with E-state index in [9.17, 15) is 9.59 Å². The first kappa shape index (κ1) is 20.1. The van der Waals surface area contributed by atoms with Crippen molar-refractivity contribution < 1.29 is 14.3 Å². The number of benzene rings is 1. The van der Waals surface area contributed by atoms with Gasteiger partial charge >= 0.3 is 6.09 Å². The Labute approximate surface area is 156 Å². The molecule has 1 saturated heterocycles. The van der Waals surface area contributed by atoms with Gasteiger partial charge < -0.3 is 20.3 Å². The average Bonchev–Trinajstić information content (AvgIpc) is 2.60. The standard InChI is InChI=1S/C20H31N3O3/c1-5-26-19(25)23-12-10-17(11-13-23)22-18(24)14-21-16-8-6-15(7-9-16)20(2,3)4/h6-9,17,21H,5,10-14H2,1-4H3,(H,22,24). The summed E-state index contributed by atoms with van der Waals surface area (Å²) in [5.41, 5.74) is 2.32. The van der Waals surface area contributed by atoms with E-state index in [0.29, 0.717) is 19.7 Å². The summed E-state index contributed by atoms with van der Waals surface area (Å²) in [6.07, 6.45) is 1.24. The van der Waals surface area contributed by atoms with Gasteiger partial charge in [-0.2, -0.15) is 0 Å². The van der Waals surface area contributed by atoms with Crippen LogP contribution >= 0.6 is 0 Å². The molecule has 0 unspecified atom stereocenters. The fraction of sp³-hybridized carbons (Fsp3) is 0.600. The molecule has 0 radical (unpaired) electrons. The van der Waals surface area contributed by atoms with E-state index in [1.165, 1.54) is 5.56 Å². The smallest absolute Gasteiger partial charge is 0.409 e. The summed E-state index contributed by atoms with van der Waals surface area (Å²) in [5, 5.41) is 6.20. The van der Waals surface area contributed by atoms with Crippen molar-refractivity contribution in [1.82, 2.24) is 10.2 Å². The van der Waals surface area contributed by atoms with Gasteiger partial charge in [0.2, 0.25) is 5.91 Å². The molecule has 1 aromatic rings. The summed E-state index contributed by atoms with van der Waals surface area (Å²) in [6.45, 7) is 10.2. The van der Waals surface area contributed by atoms with E-state index in [0.717, 1.165) is 18.5 Å². The van der Waals surface area contributed by atoms with Gasteiger partial charge in [0.15, 0.2) is 0 Å². The van der Waals surface area contributed by atoms with Crippen LogP contribution in [0.2, 0.25) is 0 Å². The number of likely N-dealkylation sites (tertiary alicyclic amines) is 1. The first-order valence-corrected chi connectivity index (χ1v) is 9.35. The quantitative estimate of drug-likeness (QED) is 0.845.